The predicted octanol–water partition coefficient (Wildman–Crippen LogP) is 12.0. The van der Waals surface area contributed by atoms with E-state index in [9.17, 15) is 0 Å². The highest BCUT2D eigenvalue weighted by Crippen LogP contribution is 2.53. The van der Waals surface area contributed by atoms with E-state index >= 15 is 0 Å². The maximum atomic E-state index is 5.03. The van der Waals surface area contributed by atoms with Crippen molar-refractivity contribution in [2.24, 2.45) is 0 Å². The Morgan fingerprint density at radius 1 is 0.529 bits per heavy atom. The summed E-state index contributed by atoms with van der Waals surface area (Å²) in [4.78, 5) is 17.5. The Kier molecular flexibility index (Phi) is 7.10. The zero-order valence-corrected chi connectivity index (χ0v) is 28.4. The van der Waals surface area contributed by atoms with Gasteiger partial charge in [-0.15, -0.1) is 0 Å². The van der Waals surface area contributed by atoms with E-state index in [0.717, 1.165) is 28.8 Å². The van der Waals surface area contributed by atoms with Gasteiger partial charge in [0.1, 0.15) is 0 Å². The van der Waals surface area contributed by atoms with Gasteiger partial charge >= 0.3 is 0 Å². The number of hydrogen-bond acceptors (Lipinski definition) is 4. The molecule has 8 aromatic rings. The summed E-state index contributed by atoms with van der Waals surface area (Å²) >= 11 is 1.84. The van der Waals surface area contributed by atoms with Gasteiger partial charge in [-0.3, -0.25) is 0 Å². The van der Waals surface area contributed by atoms with Gasteiger partial charge < -0.3 is 4.57 Å². The summed E-state index contributed by atoms with van der Waals surface area (Å²) < 4.78 is 2.47. The van der Waals surface area contributed by atoms with Gasteiger partial charge in [-0.2, -0.15) is 0 Å². The molecule has 0 atom stereocenters. The molecule has 0 unspecified atom stereocenters. The van der Waals surface area contributed by atoms with Crippen LogP contribution in [-0.2, 0) is 0 Å². The Labute approximate surface area is 300 Å². The summed E-state index contributed by atoms with van der Waals surface area (Å²) in [6.45, 7) is 0. The molecule has 0 saturated heterocycles. The van der Waals surface area contributed by atoms with Crippen LogP contribution in [-0.4, -0.2) is 19.5 Å². The predicted molar refractivity (Wildman–Crippen MR) is 211 cm³/mol. The second kappa shape index (κ2) is 12.2. The summed E-state index contributed by atoms with van der Waals surface area (Å²) in [7, 11) is 0. The molecule has 240 valence electrons. The molecule has 6 aromatic carbocycles. The molecule has 5 heteroatoms. The minimum absolute atomic E-state index is 0.644. The van der Waals surface area contributed by atoms with Crippen molar-refractivity contribution in [2.75, 3.05) is 0 Å². The standard InChI is InChI=1S/C46H30N4S/c1-2-5-16-31(15-4-1)44-47-45(32-17-6-3-7-18-32)49-46(48-44)33-24-27-34(28-25-33)50-42-35-19-9-8-14-30(35)26-29-38(42)41-36-20-10-12-22-39(36)51-40-23-13-11-21-37(40)43(41)50/h1,3-29H,2H2. The lowest BCUT2D eigenvalue weighted by atomic mass is 9.97. The Morgan fingerprint density at radius 2 is 1.20 bits per heavy atom. The zero-order valence-electron chi connectivity index (χ0n) is 27.6. The molecule has 0 saturated carbocycles. The van der Waals surface area contributed by atoms with Gasteiger partial charge in [-0.25, -0.2) is 15.0 Å². The third-order valence-electron chi connectivity index (χ3n) is 9.66. The Balaban J connectivity index is 1.21. The first-order chi connectivity index (χ1) is 25.3. The number of allylic oxidation sites excluding steroid dienone is 6. The molecular weight excluding hydrogens is 641 g/mol. The van der Waals surface area contributed by atoms with Crippen molar-refractivity contribution < 1.29 is 0 Å². The maximum Gasteiger partial charge on any atom is 0.164 e. The van der Waals surface area contributed by atoms with Crippen LogP contribution in [0.5, 0.6) is 0 Å². The fourth-order valence-corrected chi connectivity index (χ4v) is 8.39. The number of nitrogens with zero attached hydrogens (tertiary/aromatic N) is 4. The fraction of sp³-hybridized carbons (Fsp3) is 0.0217. The van der Waals surface area contributed by atoms with Crippen LogP contribution in [0.25, 0.3) is 78.1 Å². The van der Waals surface area contributed by atoms with Crippen LogP contribution in [0.2, 0.25) is 0 Å². The largest absolute Gasteiger partial charge is 0.308 e. The monoisotopic (exact) mass is 670 g/mol. The van der Waals surface area contributed by atoms with Crippen molar-refractivity contribution in [2.45, 2.75) is 16.2 Å². The van der Waals surface area contributed by atoms with Crippen molar-refractivity contribution >= 4 is 39.0 Å². The molecule has 3 heterocycles. The second-order valence-electron chi connectivity index (χ2n) is 12.7. The van der Waals surface area contributed by atoms with Crippen molar-refractivity contribution in [3.05, 3.63) is 176 Å². The maximum absolute atomic E-state index is 5.03. The minimum Gasteiger partial charge on any atom is -0.308 e. The molecule has 0 fully saturated rings. The molecule has 0 amide bonds. The normalized spacial score (nSPS) is 13.3. The van der Waals surface area contributed by atoms with Crippen molar-refractivity contribution in [3.63, 3.8) is 0 Å². The highest BCUT2D eigenvalue weighted by molar-refractivity contribution is 7.99. The molecule has 4 nitrogen and oxygen atoms in total. The van der Waals surface area contributed by atoms with Crippen LogP contribution >= 0.6 is 11.8 Å². The van der Waals surface area contributed by atoms with Crippen molar-refractivity contribution in [3.8, 4) is 50.8 Å². The average Bonchev–Trinajstić information content (AvgIpc) is 3.31. The summed E-state index contributed by atoms with van der Waals surface area (Å²) in [5, 5.41) is 3.68. The molecule has 51 heavy (non-hydrogen) atoms. The van der Waals surface area contributed by atoms with Gasteiger partial charge in [-0.05, 0) is 53.8 Å². The number of benzene rings is 6. The molecule has 1 aliphatic heterocycles. The lowest BCUT2D eigenvalue weighted by Crippen LogP contribution is -2.03. The summed E-state index contributed by atoms with van der Waals surface area (Å²) in [6.07, 6.45) is 11.4. The minimum atomic E-state index is 0.644. The molecule has 0 N–H and O–H groups in total. The fourth-order valence-electron chi connectivity index (χ4n) is 7.31. The number of aromatic nitrogens is 4. The molecule has 0 spiro atoms. The molecule has 0 bridgehead atoms. The lowest BCUT2D eigenvalue weighted by molar-refractivity contribution is 1.04. The molecule has 2 aromatic heterocycles. The molecular formula is C46H30N4S. The van der Waals surface area contributed by atoms with Gasteiger partial charge in [0.2, 0.25) is 0 Å². The van der Waals surface area contributed by atoms with Gasteiger partial charge in [0.05, 0.1) is 11.2 Å². The molecule has 2 aliphatic rings. The van der Waals surface area contributed by atoms with E-state index in [1.165, 1.54) is 53.9 Å². The van der Waals surface area contributed by atoms with E-state index in [2.05, 4.69) is 144 Å². The van der Waals surface area contributed by atoms with E-state index in [1.807, 2.05) is 42.1 Å². The average molecular weight is 671 g/mol. The second-order valence-corrected chi connectivity index (χ2v) is 13.8. The Morgan fingerprint density at radius 3 is 2.02 bits per heavy atom. The highest BCUT2D eigenvalue weighted by Gasteiger charge is 2.28. The van der Waals surface area contributed by atoms with Crippen LogP contribution in [0.15, 0.2) is 180 Å². The van der Waals surface area contributed by atoms with Crippen LogP contribution in [0, 0.1) is 0 Å². The smallest absolute Gasteiger partial charge is 0.164 e. The van der Waals surface area contributed by atoms with Crippen molar-refractivity contribution in [1.82, 2.24) is 19.5 Å². The zero-order chi connectivity index (χ0) is 33.7. The van der Waals surface area contributed by atoms with Gasteiger partial charge in [0.25, 0.3) is 0 Å². The molecule has 1 aliphatic carbocycles. The van der Waals surface area contributed by atoms with Gasteiger partial charge in [-0.1, -0.05) is 145 Å². The van der Waals surface area contributed by atoms with E-state index in [-0.39, 0.29) is 0 Å². The van der Waals surface area contributed by atoms with E-state index in [0.29, 0.717) is 17.5 Å². The van der Waals surface area contributed by atoms with E-state index < -0.39 is 0 Å². The van der Waals surface area contributed by atoms with Crippen molar-refractivity contribution in [1.29, 1.82) is 0 Å². The number of hydrogen-bond donors (Lipinski definition) is 0. The topological polar surface area (TPSA) is 43.6 Å². The van der Waals surface area contributed by atoms with Crippen LogP contribution < -0.4 is 0 Å². The van der Waals surface area contributed by atoms with Crippen LogP contribution in [0.1, 0.15) is 12.2 Å². The quantitative estimate of drug-likeness (QED) is 0.187. The molecule has 10 rings (SSSR count). The van der Waals surface area contributed by atoms with Gasteiger partial charge in [0.15, 0.2) is 17.5 Å². The molecule has 0 radical (unpaired) electrons. The SMILES string of the molecule is C1=CCC=CC(c2nc(-c3ccccc3)nc(-c3ccc(-n4c5c(c6ccc7ccccc7c64)-c4ccccc4Sc4ccccc4-5)cc3)n2)=C1. The number of rotatable bonds is 4. The van der Waals surface area contributed by atoms with E-state index in [1.54, 1.807) is 0 Å². The summed E-state index contributed by atoms with van der Waals surface area (Å²) in [5.74, 6) is 1.96. The highest BCUT2D eigenvalue weighted by atomic mass is 32.2. The third-order valence-corrected chi connectivity index (χ3v) is 10.8. The summed E-state index contributed by atoms with van der Waals surface area (Å²) in [5.41, 5.74) is 10.1. The first kappa shape index (κ1) is 29.6. The lowest BCUT2D eigenvalue weighted by Gasteiger charge is -2.15. The van der Waals surface area contributed by atoms with E-state index in [4.69, 9.17) is 15.0 Å². The van der Waals surface area contributed by atoms with Crippen LogP contribution in [0.3, 0.4) is 0 Å². The Hall–Kier alpha value is -6.30. The Bertz CT molecular complexity index is 2740. The third kappa shape index (κ3) is 5.05. The first-order valence-electron chi connectivity index (χ1n) is 17.2. The number of fused-ring (bicyclic) bond motifs is 9. The first-order valence-corrected chi connectivity index (χ1v) is 18.0. The van der Waals surface area contributed by atoms with Gasteiger partial charge in [0, 0.05) is 54.1 Å². The van der Waals surface area contributed by atoms with Crippen LogP contribution in [0.4, 0.5) is 0 Å². The summed E-state index contributed by atoms with van der Waals surface area (Å²) in [6, 6.07) is 49.7.